The molecule has 2 N–H and O–H groups in total. The van der Waals surface area contributed by atoms with Crippen molar-refractivity contribution in [3.05, 3.63) is 35.8 Å². The third-order valence-corrected chi connectivity index (χ3v) is 1.92. The fraction of sp³-hybridized carbons (Fsp3) is 0.300. The summed E-state index contributed by atoms with van der Waals surface area (Å²) >= 11 is 3.87. The Morgan fingerprint density at radius 1 is 1.57 bits per heavy atom. The zero-order valence-corrected chi connectivity index (χ0v) is 8.19. The Kier molecular flexibility index (Phi) is 2.34. The molecule has 0 spiro atoms. The Morgan fingerprint density at radius 2 is 2.21 bits per heavy atom. The van der Waals surface area contributed by atoms with E-state index in [0.29, 0.717) is 0 Å². The molecule has 1 unspecified atom stereocenters. The first-order valence-electron chi connectivity index (χ1n) is 6.44. The van der Waals surface area contributed by atoms with Crippen LogP contribution in [-0.2, 0) is 11.3 Å². The smallest absolute Gasteiger partial charge is 0.321 e. The number of carboxylic acid groups (broad SMARTS) is 1. The van der Waals surface area contributed by atoms with E-state index in [9.17, 15) is 4.79 Å². The first kappa shape index (κ1) is 5.78. The molecular weight excluding hydrogens is 198 g/mol. The quantitative estimate of drug-likeness (QED) is 0.647. The summed E-state index contributed by atoms with van der Waals surface area (Å²) < 4.78 is 37.7. The van der Waals surface area contributed by atoms with Crippen molar-refractivity contribution >= 4 is 18.6 Å². The van der Waals surface area contributed by atoms with Gasteiger partial charge in [-0.25, -0.2) is 0 Å². The standard InChI is InChI=1S/C10H13NO2S/c12-10(13)9(7-14)11-6-8-4-2-1-3-5-8/h1-5,9,11,14H,6-7H2,(H,12,13)/i1D,2D,3D,4D,5D. The molecule has 0 bridgehead atoms. The highest BCUT2D eigenvalue weighted by Crippen LogP contribution is 1.99. The normalized spacial score (nSPS) is 17.4. The van der Waals surface area contributed by atoms with Gasteiger partial charge in [0.1, 0.15) is 6.04 Å². The maximum absolute atomic E-state index is 10.8. The molecule has 0 radical (unpaired) electrons. The molecule has 0 saturated carbocycles. The van der Waals surface area contributed by atoms with E-state index in [4.69, 9.17) is 12.0 Å². The van der Waals surface area contributed by atoms with E-state index < -0.39 is 30.1 Å². The second-order valence-electron chi connectivity index (χ2n) is 2.56. The van der Waals surface area contributed by atoms with Gasteiger partial charge in [-0.2, -0.15) is 12.6 Å². The molecule has 0 amide bonds. The third-order valence-electron chi connectivity index (χ3n) is 1.56. The van der Waals surface area contributed by atoms with Crippen molar-refractivity contribution in [3.8, 4) is 0 Å². The summed E-state index contributed by atoms with van der Waals surface area (Å²) in [6.45, 7) is -0.132. The molecule has 1 rings (SSSR count). The highest BCUT2D eigenvalue weighted by Gasteiger charge is 2.13. The van der Waals surface area contributed by atoms with Crippen molar-refractivity contribution in [1.82, 2.24) is 5.32 Å². The van der Waals surface area contributed by atoms with E-state index in [0.717, 1.165) is 0 Å². The summed E-state index contributed by atoms with van der Waals surface area (Å²) in [4.78, 5) is 10.8. The van der Waals surface area contributed by atoms with Crippen LogP contribution in [0.2, 0.25) is 0 Å². The lowest BCUT2D eigenvalue weighted by atomic mass is 10.2. The van der Waals surface area contributed by atoms with Gasteiger partial charge in [0.2, 0.25) is 0 Å². The highest BCUT2D eigenvalue weighted by molar-refractivity contribution is 7.80. The number of nitrogens with one attached hydrogen (secondary N) is 1. The number of rotatable bonds is 5. The average Bonchev–Trinajstić information content (AvgIpc) is 2.38. The van der Waals surface area contributed by atoms with Crippen LogP contribution in [0.3, 0.4) is 0 Å². The molecule has 0 aliphatic carbocycles. The predicted octanol–water partition coefficient (Wildman–Crippen LogP) is 1.16. The molecule has 0 heterocycles. The fourth-order valence-electron chi connectivity index (χ4n) is 0.819. The second-order valence-corrected chi connectivity index (χ2v) is 2.92. The zero-order valence-electron chi connectivity index (χ0n) is 12.3. The van der Waals surface area contributed by atoms with Gasteiger partial charge in [0.15, 0.2) is 0 Å². The summed E-state index contributed by atoms with van der Waals surface area (Å²) in [5.74, 6) is -1.07. The van der Waals surface area contributed by atoms with E-state index >= 15 is 0 Å². The summed E-state index contributed by atoms with van der Waals surface area (Å²) in [5.41, 5.74) is 0.0408. The van der Waals surface area contributed by atoms with Gasteiger partial charge in [-0.05, 0) is 5.56 Å². The molecule has 76 valence electrons. The maximum atomic E-state index is 10.8. The monoisotopic (exact) mass is 216 g/mol. The lowest BCUT2D eigenvalue weighted by Crippen LogP contribution is -2.37. The van der Waals surface area contributed by atoms with Gasteiger partial charge < -0.3 is 5.11 Å². The van der Waals surface area contributed by atoms with Crippen molar-refractivity contribution in [3.63, 3.8) is 0 Å². The number of aliphatic carboxylic acids is 1. The fourth-order valence-corrected chi connectivity index (χ4v) is 1.10. The number of benzene rings is 1. The first-order chi connectivity index (χ1) is 8.81. The van der Waals surface area contributed by atoms with Gasteiger partial charge >= 0.3 is 5.97 Å². The molecule has 14 heavy (non-hydrogen) atoms. The van der Waals surface area contributed by atoms with Crippen LogP contribution in [0.15, 0.2) is 30.2 Å². The largest absolute Gasteiger partial charge is 0.480 e. The Balaban J connectivity index is 3.05. The topological polar surface area (TPSA) is 49.3 Å². The Labute approximate surface area is 95.6 Å². The van der Waals surface area contributed by atoms with Crippen LogP contribution in [0.25, 0.3) is 0 Å². The molecule has 0 fully saturated rings. The van der Waals surface area contributed by atoms with E-state index in [1.807, 2.05) is 0 Å². The molecule has 0 aliphatic rings. The number of hydrogen-bond donors (Lipinski definition) is 3. The van der Waals surface area contributed by atoms with Crippen LogP contribution in [-0.4, -0.2) is 22.9 Å². The van der Waals surface area contributed by atoms with Crippen molar-refractivity contribution in [2.75, 3.05) is 5.75 Å². The van der Waals surface area contributed by atoms with Gasteiger partial charge in [-0.1, -0.05) is 30.2 Å². The lowest BCUT2D eigenvalue weighted by Gasteiger charge is -2.11. The van der Waals surface area contributed by atoms with Crippen LogP contribution >= 0.6 is 12.6 Å². The molecule has 0 aliphatic heterocycles. The van der Waals surface area contributed by atoms with Gasteiger partial charge in [-0.3, -0.25) is 10.1 Å². The molecule has 1 atom stereocenters. The first-order valence-corrected chi connectivity index (χ1v) is 4.57. The van der Waals surface area contributed by atoms with Gasteiger partial charge in [0.25, 0.3) is 0 Å². The molecule has 1 aromatic carbocycles. The summed E-state index contributed by atoms with van der Waals surface area (Å²) in [6.07, 6.45) is 0. The average molecular weight is 216 g/mol. The van der Waals surface area contributed by atoms with Crippen LogP contribution in [0.4, 0.5) is 0 Å². The van der Waals surface area contributed by atoms with Crippen molar-refractivity contribution < 1.29 is 16.8 Å². The number of hydrogen-bond acceptors (Lipinski definition) is 3. The Morgan fingerprint density at radius 3 is 2.71 bits per heavy atom. The summed E-state index contributed by atoms with van der Waals surface area (Å²) in [6, 6.07) is -2.95. The second kappa shape index (κ2) is 5.67. The van der Waals surface area contributed by atoms with Crippen LogP contribution in [0.1, 0.15) is 12.4 Å². The number of thiol groups is 1. The minimum absolute atomic E-state index is 0.0357. The molecule has 0 aromatic heterocycles. The van der Waals surface area contributed by atoms with E-state index in [2.05, 4.69) is 17.9 Å². The van der Waals surface area contributed by atoms with Crippen LogP contribution in [0.5, 0.6) is 0 Å². The van der Waals surface area contributed by atoms with Crippen molar-refractivity contribution in [1.29, 1.82) is 0 Å². The van der Waals surface area contributed by atoms with Gasteiger partial charge in [0, 0.05) is 12.3 Å². The van der Waals surface area contributed by atoms with Crippen LogP contribution < -0.4 is 5.32 Å². The Bertz CT molecular complexity index is 482. The number of carboxylic acids is 1. The maximum Gasteiger partial charge on any atom is 0.321 e. The minimum atomic E-state index is -1.11. The predicted molar refractivity (Wildman–Crippen MR) is 58.6 cm³/mol. The molecular formula is C10H13NO2S. The highest BCUT2D eigenvalue weighted by atomic mass is 32.1. The Hall–Kier alpha value is -1.00. The van der Waals surface area contributed by atoms with Crippen molar-refractivity contribution in [2.45, 2.75) is 12.6 Å². The SMILES string of the molecule is [2H]c1c([2H])c([2H])c(CNC(CS)C(=O)O)c([2H])c1[2H]. The minimum Gasteiger partial charge on any atom is -0.480 e. The molecule has 3 nitrogen and oxygen atoms in total. The molecule has 4 heteroatoms. The molecule has 1 aromatic rings. The van der Waals surface area contributed by atoms with E-state index in [1.54, 1.807) is 0 Å². The molecule has 0 saturated heterocycles. The van der Waals surface area contributed by atoms with Crippen LogP contribution in [0, 0.1) is 0 Å². The lowest BCUT2D eigenvalue weighted by molar-refractivity contribution is -0.138. The van der Waals surface area contributed by atoms with Gasteiger partial charge in [0.05, 0.1) is 6.85 Å². The third kappa shape index (κ3) is 3.40. The summed E-state index contributed by atoms with van der Waals surface area (Å²) in [5, 5.41) is 11.4. The summed E-state index contributed by atoms with van der Waals surface area (Å²) in [7, 11) is 0. The van der Waals surface area contributed by atoms with Gasteiger partial charge in [-0.15, -0.1) is 0 Å². The van der Waals surface area contributed by atoms with E-state index in [-0.39, 0.29) is 29.9 Å². The van der Waals surface area contributed by atoms with Crippen molar-refractivity contribution in [2.24, 2.45) is 0 Å². The number of carbonyl (C=O) groups is 1. The zero-order chi connectivity index (χ0) is 14.7. The van der Waals surface area contributed by atoms with E-state index in [1.165, 1.54) is 0 Å².